The normalized spacial score (nSPS) is 19.7. The molecule has 6 heteroatoms. The maximum Gasteiger partial charge on any atom is 0.237 e. The van der Waals surface area contributed by atoms with Crippen LogP contribution in [-0.2, 0) is 14.3 Å². The van der Waals surface area contributed by atoms with E-state index in [-0.39, 0.29) is 23.8 Å². The molecule has 32 heavy (non-hydrogen) atoms. The Morgan fingerprint density at radius 3 is 2.16 bits per heavy atom. The van der Waals surface area contributed by atoms with Crippen molar-refractivity contribution in [1.29, 1.82) is 0 Å². The number of carbonyl (C=O) groups excluding carboxylic acids is 2. The van der Waals surface area contributed by atoms with Gasteiger partial charge in [0.1, 0.15) is 0 Å². The summed E-state index contributed by atoms with van der Waals surface area (Å²) in [5.74, 6) is 0.256. The van der Waals surface area contributed by atoms with Gasteiger partial charge in [0, 0.05) is 26.7 Å². The summed E-state index contributed by atoms with van der Waals surface area (Å²) >= 11 is 0. The van der Waals surface area contributed by atoms with E-state index < -0.39 is 0 Å². The molecule has 0 saturated carbocycles. The molecule has 2 amide bonds. The summed E-state index contributed by atoms with van der Waals surface area (Å²) < 4.78 is 5.38. The zero-order valence-electron chi connectivity index (χ0n) is 18.9. The van der Waals surface area contributed by atoms with Gasteiger partial charge in [0.05, 0.1) is 31.7 Å². The standard InChI is InChI=1S/C26H33N3O3/c1-27(25(21-9-4-2-5-10-21)22-11-6-3-7-12-22)24(30)20-28-14-8-13-23(19-28)26(31)29-15-17-32-18-16-29/h2-7,9-12,23,25H,8,13-20H2,1H3/t23-/m1/s1. The van der Waals surface area contributed by atoms with Gasteiger partial charge in [-0.2, -0.15) is 0 Å². The van der Waals surface area contributed by atoms with Crippen LogP contribution in [0.25, 0.3) is 0 Å². The number of piperidine rings is 1. The van der Waals surface area contributed by atoms with E-state index in [1.165, 1.54) is 0 Å². The lowest BCUT2D eigenvalue weighted by Crippen LogP contribution is -2.50. The van der Waals surface area contributed by atoms with Crippen LogP contribution in [0.4, 0.5) is 0 Å². The van der Waals surface area contributed by atoms with Crippen molar-refractivity contribution in [2.45, 2.75) is 18.9 Å². The minimum absolute atomic E-state index is 0.0287. The van der Waals surface area contributed by atoms with Gasteiger partial charge < -0.3 is 14.5 Å². The Hall–Kier alpha value is -2.70. The number of ether oxygens (including phenoxy) is 1. The molecule has 0 N–H and O–H groups in total. The van der Waals surface area contributed by atoms with E-state index in [4.69, 9.17) is 4.74 Å². The van der Waals surface area contributed by atoms with E-state index in [1.807, 2.05) is 53.2 Å². The second-order valence-corrected chi connectivity index (χ2v) is 8.74. The first-order valence-corrected chi connectivity index (χ1v) is 11.6. The number of amides is 2. The molecule has 0 unspecified atom stereocenters. The summed E-state index contributed by atoms with van der Waals surface area (Å²) in [5, 5.41) is 0. The summed E-state index contributed by atoms with van der Waals surface area (Å²) in [6.07, 6.45) is 1.84. The quantitative estimate of drug-likeness (QED) is 0.700. The van der Waals surface area contributed by atoms with Gasteiger partial charge in [-0.25, -0.2) is 0 Å². The fourth-order valence-electron chi connectivity index (χ4n) is 4.80. The highest BCUT2D eigenvalue weighted by atomic mass is 16.5. The molecule has 0 aliphatic carbocycles. The van der Waals surface area contributed by atoms with Crippen molar-refractivity contribution in [3.8, 4) is 0 Å². The number of rotatable bonds is 6. The third-order valence-corrected chi connectivity index (χ3v) is 6.55. The van der Waals surface area contributed by atoms with Crippen LogP contribution in [-0.4, -0.2) is 79.5 Å². The van der Waals surface area contributed by atoms with Crippen molar-refractivity contribution >= 4 is 11.8 Å². The molecule has 0 bridgehead atoms. The lowest BCUT2D eigenvalue weighted by molar-refractivity contribution is -0.143. The Balaban J connectivity index is 1.43. The highest BCUT2D eigenvalue weighted by Gasteiger charge is 2.32. The number of likely N-dealkylation sites (tertiary alicyclic amines) is 1. The summed E-state index contributed by atoms with van der Waals surface area (Å²) in [7, 11) is 1.88. The second-order valence-electron chi connectivity index (χ2n) is 8.74. The zero-order valence-corrected chi connectivity index (χ0v) is 18.9. The summed E-state index contributed by atoms with van der Waals surface area (Å²) in [4.78, 5) is 32.2. The average molecular weight is 436 g/mol. The Bertz CT molecular complexity index is 844. The summed E-state index contributed by atoms with van der Waals surface area (Å²) in [5.41, 5.74) is 2.18. The second kappa shape index (κ2) is 10.7. The Morgan fingerprint density at radius 1 is 0.969 bits per heavy atom. The summed E-state index contributed by atoms with van der Waals surface area (Å²) in [6, 6.07) is 20.2. The number of nitrogens with zero attached hydrogens (tertiary/aromatic N) is 3. The first-order chi connectivity index (χ1) is 15.6. The molecular weight excluding hydrogens is 402 g/mol. The topological polar surface area (TPSA) is 53.1 Å². The molecule has 2 aliphatic rings. The van der Waals surface area contributed by atoms with Gasteiger partial charge >= 0.3 is 0 Å². The van der Waals surface area contributed by atoms with Gasteiger partial charge in [-0.15, -0.1) is 0 Å². The molecule has 2 aromatic carbocycles. The number of likely N-dealkylation sites (N-methyl/N-ethyl adjacent to an activating group) is 1. The van der Waals surface area contributed by atoms with Gasteiger partial charge in [0.2, 0.25) is 11.8 Å². The summed E-state index contributed by atoms with van der Waals surface area (Å²) in [6.45, 7) is 4.42. The molecule has 2 saturated heterocycles. The van der Waals surface area contributed by atoms with Crippen molar-refractivity contribution < 1.29 is 14.3 Å². The molecule has 2 fully saturated rings. The smallest absolute Gasteiger partial charge is 0.237 e. The van der Waals surface area contributed by atoms with E-state index in [1.54, 1.807) is 0 Å². The van der Waals surface area contributed by atoms with Crippen LogP contribution in [0.1, 0.15) is 30.0 Å². The fraction of sp³-hybridized carbons (Fsp3) is 0.462. The molecule has 0 aromatic heterocycles. The van der Waals surface area contributed by atoms with Crippen molar-refractivity contribution in [2.24, 2.45) is 5.92 Å². The third kappa shape index (κ3) is 5.37. The van der Waals surface area contributed by atoms with Crippen LogP contribution in [0, 0.1) is 5.92 Å². The van der Waals surface area contributed by atoms with Crippen LogP contribution in [0.15, 0.2) is 60.7 Å². The Kier molecular flexibility index (Phi) is 7.55. The predicted molar refractivity (Wildman–Crippen MR) is 124 cm³/mol. The van der Waals surface area contributed by atoms with Crippen molar-refractivity contribution in [3.63, 3.8) is 0 Å². The molecule has 1 atom stereocenters. The van der Waals surface area contributed by atoms with Crippen LogP contribution in [0.3, 0.4) is 0 Å². The molecule has 4 rings (SSSR count). The zero-order chi connectivity index (χ0) is 22.3. The monoisotopic (exact) mass is 435 g/mol. The van der Waals surface area contributed by atoms with Crippen molar-refractivity contribution in [2.75, 3.05) is 53.0 Å². The molecule has 0 radical (unpaired) electrons. The van der Waals surface area contributed by atoms with Gasteiger partial charge in [0.25, 0.3) is 0 Å². The number of benzene rings is 2. The fourth-order valence-corrected chi connectivity index (χ4v) is 4.80. The molecule has 6 nitrogen and oxygen atoms in total. The van der Waals surface area contributed by atoms with Gasteiger partial charge in [-0.1, -0.05) is 60.7 Å². The highest BCUT2D eigenvalue weighted by Crippen LogP contribution is 2.28. The molecule has 170 valence electrons. The van der Waals surface area contributed by atoms with Gasteiger partial charge in [-0.05, 0) is 30.5 Å². The number of hydrogen-bond acceptors (Lipinski definition) is 4. The van der Waals surface area contributed by atoms with Crippen LogP contribution >= 0.6 is 0 Å². The van der Waals surface area contributed by atoms with Crippen LogP contribution < -0.4 is 0 Å². The predicted octanol–water partition coefficient (Wildman–Crippen LogP) is 2.81. The van der Waals surface area contributed by atoms with E-state index in [0.29, 0.717) is 39.4 Å². The molecule has 2 heterocycles. The van der Waals surface area contributed by atoms with E-state index in [2.05, 4.69) is 29.2 Å². The maximum atomic E-state index is 13.3. The van der Waals surface area contributed by atoms with E-state index in [0.717, 1.165) is 30.5 Å². The lowest BCUT2D eigenvalue weighted by atomic mass is 9.95. The Morgan fingerprint density at radius 2 is 1.56 bits per heavy atom. The Labute approximate surface area is 190 Å². The number of carbonyl (C=O) groups is 2. The first kappa shape index (κ1) is 22.5. The van der Waals surface area contributed by atoms with Gasteiger partial charge in [0.15, 0.2) is 0 Å². The maximum absolute atomic E-state index is 13.3. The first-order valence-electron chi connectivity index (χ1n) is 11.6. The minimum Gasteiger partial charge on any atom is -0.378 e. The molecule has 2 aliphatic heterocycles. The van der Waals surface area contributed by atoms with E-state index >= 15 is 0 Å². The molecular formula is C26H33N3O3. The largest absolute Gasteiger partial charge is 0.378 e. The van der Waals surface area contributed by atoms with Crippen molar-refractivity contribution in [3.05, 3.63) is 71.8 Å². The van der Waals surface area contributed by atoms with Crippen LogP contribution in [0.5, 0.6) is 0 Å². The van der Waals surface area contributed by atoms with E-state index in [9.17, 15) is 9.59 Å². The molecule has 2 aromatic rings. The lowest BCUT2D eigenvalue weighted by Gasteiger charge is -2.37. The highest BCUT2D eigenvalue weighted by molar-refractivity contribution is 5.80. The third-order valence-electron chi connectivity index (χ3n) is 6.55. The van der Waals surface area contributed by atoms with Crippen molar-refractivity contribution in [1.82, 2.24) is 14.7 Å². The van der Waals surface area contributed by atoms with Gasteiger partial charge in [-0.3, -0.25) is 14.5 Å². The SMILES string of the molecule is CN(C(=O)CN1CCC[C@@H](C(=O)N2CCOCC2)C1)C(c1ccccc1)c1ccccc1. The number of hydrogen-bond donors (Lipinski definition) is 0. The average Bonchev–Trinajstić information content (AvgIpc) is 2.85. The van der Waals surface area contributed by atoms with Crippen LogP contribution in [0.2, 0.25) is 0 Å². The molecule has 0 spiro atoms. The minimum atomic E-state index is -0.138. The number of morpholine rings is 1.